The van der Waals surface area contributed by atoms with Crippen molar-refractivity contribution in [2.24, 2.45) is 4.99 Å². The first-order chi connectivity index (χ1) is 14.0. The zero-order valence-electron chi connectivity index (χ0n) is 15.4. The number of aromatic nitrogens is 1. The maximum Gasteiger partial charge on any atom is 0.269 e. The van der Waals surface area contributed by atoms with Gasteiger partial charge in [0.15, 0.2) is 5.17 Å². The lowest BCUT2D eigenvalue weighted by molar-refractivity contribution is -0.384. The molecule has 144 valence electrons. The third-order valence-corrected chi connectivity index (χ3v) is 5.22. The Balaban J connectivity index is 1.59. The van der Waals surface area contributed by atoms with Crippen molar-refractivity contribution in [2.75, 3.05) is 0 Å². The van der Waals surface area contributed by atoms with Crippen LogP contribution >= 0.6 is 11.8 Å². The van der Waals surface area contributed by atoms with Crippen LogP contribution < -0.4 is 5.32 Å². The first-order valence-electron chi connectivity index (χ1n) is 8.78. The summed E-state index contributed by atoms with van der Waals surface area (Å²) in [6.45, 7) is 2.00. The molecule has 1 aliphatic rings. The standard InChI is InChI=1S/C21H16N4O3S/c1-14-4-6-15(7-5-14)22-21-23-20(26)19(29-21)13-18-3-2-12-24(18)16-8-10-17(11-9-16)25(27)28/h2-13H,1H3,(H,22,23,26)/b19-13+. The predicted octanol–water partition coefficient (Wildman–Crippen LogP) is 4.59. The summed E-state index contributed by atoms with van der Waals surface area (Å²) in [7, 11) is 0. The van der Waals surface area contributed by atoms with Gasteiger partial charge in [-0.3, -0.25) is 14.9 Å². The molecule has 2 aromatic carbocycles. The van der Waals surface area contributed by atoms with Gasteiger partial charge < -0.3 is 9.88 Å². The average molecular weight is 404 g/mol. The lowest BCUT2D eigenvalue weighted by atomic mass is 10.2. The number of hydrogen-bond donors (Lipinski definition) is 1. The Morgan fingerprint density at radius 3 is 2.52 bits per heavy atom. The van der Waals surface area contributed by atoms with Crippen molar-refractivity contribution < 1.29 is 9.72 Å². The van der Waals surface area contributed by atoms with E-state index in [2.05, 4.69) is 10.3 Å². The van der Waals surface area contributed by atoms with Gasteiger partial charge in [0.05, 0.1) is 15.5 Å². The van der Waals surface area contributed by atoms with Crippen LogP contribution in [0.15, 0.2) is 76.8 Å². The molecular formula is C21H16N4O3S. The molecule has 0 atom stereocenters. The van der Waals surface area contributed by atoms with Gasteiger partial charge in [0, 0.05) is 29.7 Å². The van der Waals surface area contributed by atoms with E-state index in [1.54, 1.807) is 18.2 Å². The van der Waals surface area contributed by atoms with Gasteiger partial charge in [0.25, 0.3) is 11.6 Å². The molecule has 0 saturated carbocycles. The number of aliphatic imine (C=N–C) groups is 1. The van der Waals surface area contributed by atoms with Gasteiger partial charge in [-0.2, -0.15) is 0 Å². The molecule has 0 aliphatic carbocycles. The van der Waals surface area contributed by atoms with E-state index < -0.39 is 4.92 Å². The van der Waals surface area contributed by atoms with E-state index in [9.17, 15) is 14.9 Å². The van der Waals surface area contributed by atoms with Crippen LogP contribution in [0.4, 0.5) is 11.4 Å². The van der Waals surface area contributed by atoms with Crippen molar-refractivity contribution in [2.45, 2.75) is 6.92 Å². The first-order valence-corrected chi connectivity index (χ1v) is 9.60. The summed E-state index contributed by atoms with van der Waals surface area (Å²) in [5.41, 5.74) is 3.50. The molecule has 3 aromatic rings. The molecule has 0 bridgehead atoms. The quantitative estimate of drug-likeness (QED) is 0.391. The lowest BCUT2D eigenvalue weighted by Gasteiger charge is -2.06. The average Bonchev–Trinajstić information content (AvgIpc) is 3.30. The first kappa shape index (κ1) is 18.7. The van der Waals surface area contributed by atoms with Gasteiger partial charge in [-0.15, -0.1) is 0 Å². The predicted molar refractivity (Wildman–Crippen MR) is 114 cm³/mol. The van der Waals surface area contributed by atoms with Crippen molar-refractivity contribution in [3.63, 3.8) is 0 Å². The van der Waals surface area contributed by atoms with E-state index in [1.165, 1.54) is 23.9 Å². The molecule has 8 heteroatoms. The molecule has 1 fully saturated rings. The lowest BCUT2D eigenvalue weighted by Crippen LogP contribution is -2.19. The summed E-state index contributed by atoms with van der Waals surface area (Å²) >= 11 is 1.27. The molecule has 1 aliphatic heterocycles. The fourth-order valence-corrected chi connectivity index (χ4v) is 3.66. The summed E-state index contributed by atoms with van der Waals surface area (Å²) in [6, 6.07) is 17.7. The molecule has 1 saturated heterocycles. The van der Waals surface area contributed by atoms with E-state index in [0.717, 1.165) is 22.6 Å². The number of carbonyl (C=O) groups excluding carboxylic acids is 1. The number of amidine groups is 1. The van der Waals surface area contributed by atoms with Crippen LogP contribution in [0.1, 0.15) is 11.3 Å². The number of nitro benzene ring substituents is 1. The van der Waals surface area contributed by atoms with Crippen LogP contribution in [0.3, 0.4) is 0 Å². The number of thioether (sulfide) groups is 1. The number of aryl methyl sites for hydroxylation is 1. The summed E-state index contributed by atoms with van der Waals surface area (Å²) < 4.78 is 1.86. The van der Waals surface area contributed by atoms with E-state index in [-0.39, 0.29) is 11.6 Å². The Morgan fingerprint density at radius 2 is 1.83 bits per heavy atom. The number of benzene rings is 2. The number of nitrogens with zero attached hydrogens (tertiary/aromatic N) is 3. The van der Waals surface area contributed by atoms with Gasteiger partial charge in [-0.25, -0.2) is 4.99 Å². The minimum atomic E-state index is -0.434. The van der Waals surface area contributed by atoms with Gasteiger partial charge in [0.2, 0.25) is 0 Å². The summed E-state index contributed by atoms with van der Waals surface area (Å²) in [5.74, 6) is -0.211. The van der Waals surface area contributed by atoms with E-state index in [0.29, 0.717) is 10.1 Å². The van der Waals surface area contributed by atoms with Crippen LogP contribution in [-0.2, 0) is 4.79 Å². The largest absolute Gasteiger partial charge is 0.317 e. The van der Waals surface area contributed by atoms with Crippen LogP contribution in [0.25, 0.3) is 11.8 Å². The SMILES string of the molecule is Cc1ccc(N=C2NC(=O)/C(=C\c3cccn3-c3ccc([N+](=O)[O-])cc3)S2)cc1. The van der Waals surface area contributed by atoms with E-state index in [1.807, 2.05) is 54.1 Å². The highest BCUT2D eigenvalue weighted by molar-refractivity contribution is 8.18. The van der Waals surface area contributed by atoms with Gasteiger partial charge in [0.1, 0.15) is 0 Å². The maximum absolute atomic E-state index is 12.4. The molecule has 29 heavy (non-hydrogen) atoms. The summed E-state index contributed by atoms with van der Waals surface area (Å²) in [4.78, 5) is 27.8. The third kappa shape index (κ3) is 4.12. The Hall–Kier alpha value is -3.65. The molecule has 7 nitrogen and oxygen atoms in total. The highest BCUT2D eigenvalue weighted by Gasteiger charge is 2.24. The van der Waals surface area contributed by atoms with Crippen LogP contribution in [-0.4, -0.2) is 20.6 Å². The molecule has 1 N–H and O–H groups in total. The minimum Gasteiger partial charge on any atom is -0.317 e. The van der Waals surface area contributed by atoms with Gasteiger partial charge in [-0.05, 0) is 61.2 Å². The monoisotopic (exact) mass is 404 g/mol. The second-order valence-corrected chi connectivity index (χ2v) is 7.42. The maximum atomic E-state index is 12.4. The van der Waals surface area contributed by atoms with Gasteiger partial charge >= 0.3 is 0 Å². The molecule has 0 spiro atoms. The normalized spacial score (nSPS) is 16.4. The van der Waals surface area contributed by atoms with Crippen LogP contribution in [0.5, 0.6) is 0 Å². The highest BCUT2D eigenvalue weighted by atomic mass is 32.2. The van der Waals surface area contributed by atoms with Crippen molar-refractivity contribution in [1.82, 2.24) is 9.88 Å². The van der Waals surface area contributed by atoms with Crippen molar-refractivity contribution in [1.29, 1.82) is 0 Å². The van der Waals surface area contributed by atoms with Crippen molar-refractivity contribution in [3.8, 4) is 5.69 Å². The second kappa shape index (κ2) is 7.76. The van der Waals surface area contributed by atoms with Crippen molar-refractivity contribution in [3.05, 3.63) is 93.1 Å². The fraction of sp³-hybridized carbons (Fsp3) is 0.0476. The van der Waals surface area contributed by atoms with E-state index >= 15 is 0 Å². The smallest absolute Gasteiger partial charge is 0.269 e. The highest BCUT2D eigenvalue weighted by Crippen LogP contribution is 2.29. The number of amides is 1. The van der Waals surface area contributed by atoms with Crippen LogP contribution in [0, 0.1) is 17.0 Å². The minimum absolute atomic E-state index is 0.0310. The number of carbonyl (C=O) groups is 1. The Morgan fingerprint density at radius 1 is 1.10 bits per heavy atom. The zero-order chi connectivity index (χ0) is 20.4. The Labute approximate surface area is 170 Å². The molecular weight excluding hydrogens is 388 g/mol. The Kier molecular flexibility index (Phi) is 5.01. The van der Waals surface area contributed by atoms with Gasteiger partial charge in [-0.1, -0.05) is 17.7 Å². The topological polar surface area (TPSA) is 89.5 Å². The number of rotatable bonds is 4. The molecule has 0 unspecified atom stereocenters. The number of nitro groups is 1. The van der Waals surface area contributed by atoms with Crippen molar-refractivity contribution >= 4 is 40.3 Å². The molecule has 0 radical (unpaired) electrons. The second-order valence-electron chi connectivity index (χ2n) is 6.39. The number of non-ortho nitro benzene ring substituents is 1. The number of hydrogen-bond acceptors (Lipinski definition) is 5. The Bertz CT molecular complexity index is 1150. The van der Waals surface area contributed by atoms with Crippen LogP contribution in [0.2, 0.25) is 0 Å². The summed E-state index contributed by atoms with van der Waals surface area (Å²) in [5, 5.41) is 14.1. The summed E-state index contributed by atoms with van der Waals surface area (Å²) in [6.07, 6.45) is 3.62. The molecule has 1 aromatic heterocycles. The molecule has 4 rings (SSSR count). The molecule has 2 heterocycles. The fourth-order valence-electron chi connectivity index (χ4n) is 2.83. The number of nitrogens with one attached hydrogen (secondary N) is 1. The molecule has 1 amide bonds. The zero-order valence-corrected chi connectivity index (χ0v) is 16.2. The third-order valence-electron chi connectivity index (χ3n) is 4.31. The van der Waals surface area contributed by atoms with E-state index in [4.69, 9.17) is 0 Å².